The van der Waals surface area contributed by atoms with Gasteiger partial charge in [0.05, 0.1) is 16.9 Å². The van der Waals surface area contributed by atoms with Crippen molar-refractivity contribution in [2.75, 3.05) is 11.1 Å². The summed E-state index contributed by atoms with van der Waals surface area (Å²) in [4.78, 5) is 11.1. The van der Waals surface area contributed by atoms with Crippen molar-refractivity contribution in [1.82, 2.24) is 0 Å². The van der Waals surface area contributed by atoms with E-state index in [9.17, 15) is 18.0 Å². The number of rotatable bonds is 3. The molecule has 4 nitrogen and oxygen atoms in total. The molecule has 0 unspecified atom stereocenters. The van der Waals surface area contributed by atoms with Gasteiger partial charge in [0.2, 0.25) is 0 Å². The molecule has 0 bridgehead atoms. The maximum atomic E-state index is 13.7. The number of amides is 1. The number of carbonyl (C=O) groups excluding carboxylic acids is 1. The van der Waals surface area contributed by atoms with E-state index < -0.39 is 23.4 Å². The molecule has 0 aromatic heterocycles. The first-order chi connectivity index (χ1) is 9.38. The molecular formula is C13H10F3N3O. The van der Waals surface area contributed by atoms with Gasteiger partial charge in [-0.05, 0) is 24.3 Å². The Hall–Kier alpha value is -2.70. The van der Waals surface area contributed by atoms with Gasteiger partial charge in [0.1, 0.15) is 17.5 Å². The van der Waals surface area contributed by atoms with E-state index in [-0.39, 0.29) is 22.6 Å². The zero-order chi connectivity index (χ0) is 14.9. The fourth-order valence-corrected chi connectivity index (χ4v) is 1.64. The lowest BCUT2D eigenvalue weighted by Gasteiger charge is -2.11. The van der Waals surface area contributed by atoms with Gasteiger partial charge in [-0.1, -0.05) is 0 Å². The van der Waals surface area contributed by atoms with Crippen LogP contribution in [0.3, 0.4) is 0 Å². The summed E-state index contributed by atoms with van der Waals surface area (Å²) >= 11 is 0. The van der Waals surface area contributed by atoms with Crippen molar-refractivity contribution in [1.29, 1.82) is 0 Å². The summed E-state index contributed by atoms with van der Waals surface area (Å²) < 4.78 is 40.2. The van der Waals surface area contributed by atoms with Gasteiger partial charge in [-0.25, -0.2) is 13.2 Å². The van der Waals surface area contributed by atoms with E-state index in [1.165, 1.54) is 0 Å². The molecule has 0 atom stereocenters. The minimum Gasteiger partial charge on any atom is -0.398 e. The molecule has 104 valence electrons. The highest BCUT2D eigenvalue weighted by Crippen LogP contribution is 2.26. The molecule has 0 saturated heterocycles. The predicted octanol–water partition coefficient (Wildman–Crippen LogP) is 2.53. The first-order valence-corrected chi connectivity index (χ1v) is 5.49. The topological polar surface area (TPSA) is 81.1 Å². The van der Waals surface area contributed by atoms with Gasteiger partial charge < -0.3 is 16.8 Å². The zero-order valence-corrected chi connectivity index (χ0v) is 10.1. The molecule has 0 aliphatic rings. The summed E-state index contributed by atoms with van der Waals surface area (Å²) in [6.45, 7) is 0. The third-order valence-electron chi connectivity index (χ3n) is 2.60. The third-order valence-corrected chi connectivity index (χ3v) is 2.60. The molecule has 2 rings (SSSR count). The number of nitrogen functional groups attached to an aromatic ring is 1. The standard InChI is InChI=1S/C13H10F3N3O/c14-6-1-2-8(15)11(3-6)19-12-4-7(13(18)20)10(17)5-9(12)16/h1-5,19H,17H2,(H2,18,20). The van der Waals surface area contributed by atoms with Gasteiger partial charge in [0, 0.05) is 11.8 Å². The fraction of sp³-hybridized carbons (Fsp3) is 0. The van der Waals surface area contributed by atoms with Crippen LogP contribution in [0.2, 0.25) is 0 Å². The molecule has 0 saturated carbocycles. The average molecular weight is 281 g/mol. The SMILES string of the molecule is NC(=O)c1cc(Nc2cc(F)ccc2F)c(F)cc1N. The Balaban J connectivity index is 2.45. The number of anilines is 3. The molecule has 7 heteroatoms. The van der Waals surface area contributed by atoms with Crippen LogP contribution < -0.4 is 16.8 Å². The predicted molar refractivity (Wildman–Crippen MR) is 69.0 cm³/mol. The first-order valence-electron chi connectivity index (χ1n) is 5.49. The fourth-order valence-electron chi connectivity index (χ4n) is 1.64. The number of hydrogen-bond donors (Lipinski definition) is 3. The molecule has 20 heavy (non-hydrogen) atoms. The van der Waals surface area contributed by atoms with Gasteiger partial charge in [0.25, 0.3) is 5.91 Å². The summed E-state index contributed by atoms with van der Waals surface area (Å²) in [5.74, 6) is -3.15. The van der Waals surface area contributed by atoms with E-state index in [0.29, 0.717) is 0 Å². The van der Waals surface area contributed by atoms with Gasteiger partial charge in [-0.3, -0.25) is 4.79 Å². The van der Waals surface area contributed by atoms with Crippen LogP contribution in [0, 0.1) is 17.5 Å². The lowest BCUT2D eigenvalue weighted by atomic mass is 10.1. The first kappa shape index (κ1) is 13.7. The second-order valence-electron chi connectivity index (χ2n) is 4.03. The molecule has 0 heterocycles. The second kappa shape index (κ2) is 5.12. The van der Waals surface area contributed by atoms with E-state index in [1.807, 2.05) is 0 Å². The van der Waals surface area contributed by atoms with Gasteiger partial charge in [-0.15, -0.1) is 0 Å². The van der Waals surface area contributed by atoms with E-state index in [4.69, 9.17) is 11.5 Å². The number of halogens is 3. The summed E-state index contributed by atoms with van der Waals surface area (Å²) in [6.07, 6.45) is 0. The highest BCUT2D eigenvalue weighted by molar-refractivity contribution is 5.99. The van der Waals surface area contributed by atoms with Crippen LogP contribution in [0.15, 0.2) is 30.3 Å². The van der Waals surface area contributed by atoms with Crippen LogP contribution in [0.4, 0.5) is 30.2 Å². The molecule has 1 amide bonds. The smallest absolute Gasteiger partial charge is 0.250 e. The van der Waals surface area contributed by atoms with E-state index in [0.717, 1.165) is 30.3 Å². The molecule has 5 N–H and O–H groups in total. The lowest BCUT2D eigenvalue weighted by molar-refractivity contribution is 0.100. The molecule has 2 aromatic carbocycles. The monoisotopic (exact) mass is 281 g/mol. The van der Waals surface area contributed by atoms with Crippen molar-refractivity contribution in [3.63, 3.8) is 0 Å². The molecule has 0 aliphatic heterocycles. The van der Waals surface area contributed by atoms with Crippen LogP contribution in [-0.2, 0) is 0 Å². The van der Waals surface area contributed by atoms with Gasteiger partial charge >= 0.3 is 0 Å². The van der Waals surface area contributed by atoms with Crippen molar-refractivity contribution < 1.29 is 18.0 Å². The van der Waals surface area contributed by atoms with Crippen molar-refractivity contribution in [3.8, 4) is 0 Å². The second-order valence-corrected chi connectivity index (χ2v) is 4.03. The van der Waals surface area contributed by atoms with Crippen molar-refractivity contribution in [2.45, 2.75) is 0 Å². The lowest BCUT2D eigenvalue weighted by Crippen LogP contribution is -2.14. The Morgan fingerprint density at radius 2 is 1.65 bits per heavy atom. The number of carbonyl (C=O) groups is 1. The third kappa shape index (κ3) is 2.66. The number of nitrogens with one attached hydrogen (secondary N) is 1. The number of nitrogens with two attached hydrogens (primary N) is 2. The highest BCUT2D eigenvalue weighted by Gasteiger charge is 2.13. The Morgan fingerprint density at radius 1 is 1.00 bits per heavy atom. The quantitative estimate of drug-likeness (QED) is 0.756. The van der Waals surface area contributed by atoms with Crippen LogP contribution in [0.1, 0.15) is 10.4 Å². The Labute approximate surface area is 112 Å². The molecule has 0 aliphatic carbocycles. The van der Waals surface area contributed by atoms with Crippen LogP contribution in [-0.4, -0.2) is 5.91 Å². The molecule has 0 fully saturated rings. The summed E-state index contributed by atoms with van der Waals surface area (Å²) in [6, 6.07) is 4.59. The summed E-state index contributed by atoms with van der Waals surface area (Å²) in [5.41, 5.74) is 9.74. The van der Waals surface area contributed by atoms with Crippen LogP contribution in [0.5, 0.6) is 0 Å². The Morgan fingerprint density at radius 3 is 2.30 bits per heavy atom. The minimum absolute atomic E-state index is 0.120. The molecular weight excluding hydrogens is 271 g/mol. The molecule has 0 spiro atoms. The van der Waals surface area contributed by atoms with Crippen molar-refractivity contribution in [3.05, 3.63) is 53.3 Å². The van der Waals surface area contributed by atoms with E-state index >= 15 is 0 Å². The summed E-state index contributed by atoms with van der Waals surface area (Å²) in [5, 5.41) is 2.35. The number of primary amides is 1. The van der Waals surface area contributed by atoms with Crippen molar-refractivity contribution in [2.24, 2.45) is 5.73 Å². The Kier molecular flexibility index (Phi) is 3.51. The maximum absolute atomic E-state index is 13.7. The zero-order valence-electron chi connectivity index (χ0n) is 10.1. The number of benzene rings is 2. The maximum Gasteiger partial charge on any atom is 0.250 e. The molecule has 2 aromatic rings. The van der Waals surface area contributed by atoms with Crippen LogP contribution in [0.25, 0.3) is 0 Å². The normalized spacial score (nSPS) is 10.3. The average Bonchev–Trinajstić information content (AvgIpc) is 2.36. The van der Waals surface area contributed by atoms with Gasteiger partial charge in [-0.2, -0.15) is 0 Å². The minimum atomic E-state index is -0.856. The van der Waals surface area contributed by atoms with Crippen molar-refractivity contribution >= 4 is 23.0 Å². The van der Waals surface area contributed by atoms with Crippen LogP contribution >= 0.6 is 0 Å². The van der Waals surface area contributed by atoms with E-state index in [2.05, 4.69) is 5.32 Å². The Bertz CT molecular complexity index is 689. The largest absolute Gasteiger partial charge is 0.398 e. The number of hydrogen-bond acceptors (Lipinski definition) is 3. The summed E-state index contributed by atoms with van der Waals surface area (Å²) in [7, 11) is 0. The van der Waals surface area contributed by atoms with E-state index in [1.54, 1.807) is 0 Å². The van der Waals surface area contributed by atoms with Gasteiger partial charge in [0.15, 0.2) is 0 Å². The molecule has 0 radical (unpaired) electrons. The highest BCUT2D eigenvalue weighted by atomic mass is 19.1.